The van der Waals surface area contributed by atoms with Gasteiger partial charge in [-0.15, -0.1) is 0 Å². The zero-order valence-corrected chi connectivity index (χ0v) is 15.7. The Labute approximate surface area is 155 Å². The molecule has 0 atom stereocenters. The number of hydrogen-bond donors (Lipinski definition) is 1. The molecule has 0 fully saturated rings. The van der Waals surface area contributed by atoms with Gasteiger partial charge in [0.1, 0.15) is 22.8 Å². The minimum absolute atomic E-state index is 0.357. The van der Waals surface area contributed by atoms with Gasteiger partial charge in [-0.3, -0.25) is 0 Å². The van der Waals surface area contributed by atoms with Gasteiger partial charge in [-0.25, -0.2) is 15.0 Å². The third-order valence-corrected chi connectivity index (χ3v) is 4.50. The minimum Gasteiger partial charge on any atom is -0.495 e. The largest absolute Gasteiger partial charge is 0.495 e. The first-order valence-electron chi connectivity index (χ1n) is 7.42. The van der Waals surface area contributed by atoms with Gasteiger partial charge >= 0.3 is 0 Å². The zero-order chi connectivity index (χ0) is 18.1. The summed E-state index contributed by atoms with van der Waals surface area (Å²) in [6.45, 7) is 1.83. The van der Waals surface area contributed by atoms with E-state index in [1.165, 1.54) is 14.2 Å². The van der Waals surface area contributed by atoms with Crippen LogP contribution >= 0.6 is 23.2 Å². The maximum absolute atomic E-state index is 6.49. The van der Waals surface area contributed by atoms with E-state index in [0.717, 1.165) is 10.9 Å². The van der Waals surface area contributed by atoms with Crippen LogP contribution in [0.2, 0.25) is 10.0 Å². The molecule has 25 heavy (non-hydrogen) atoms. The summed E-state index contributed by atoms with van der Waals surface area (Å²) in [5, 5.41) is 4.58. The molecule has 0 bridgehead atoms. The summed E-state index contributed by atoms with van der Waals surface area (Å²) in [7, 11) is 4.84. The molecule has 130 valence electrons. The van der Waals surface area contributed by atoms with E-state index in [9.17, 15) is 0 Å². The van der Waals surface area contributed by atoms with Gasteiger partial charge in [-0.1, -0.05) is 23.2 Å². The van der Waals surface area contributed by atoms with Gasteiger partial charge in [-0.05, 0) is 13.0 Å². The molecule has 0 aliphatic carbocycles. The highest BCUT2D eigenvalue weighted by atomic mass is 35.5. The molecule has 0 amide bonds. The maximum atomic E-state index is 6.49. The number of ether oxygens (including phenoxy) is 2. The Kier molecular flexibility index (Phi) is 4.83. The van der Waals surface area contributed by atoms with E-state index in [2.05, 4.69) is 20.3 Å². The van der Waals surface area contributed by atoms with E-state index in [1.807, 2.05) is 13.0 Å². The topological polar surface area (TPSA) is 69.2 Å². The molecule has 3 aromatic rings. The van der Waals surface area contributed by atoms with Crippen molar-refractivity contribution >= 4 is 39.9 Å². The number of benzene rings is 1. The van der Waals surface area contributed by atoms with Crippen molar-refractivity contribution in [2.45, 2.75) is 6.92 Å². The molecule has 1 N–H and O–H groups in total. The summed E-state index contributed by atoms with van der Waals surface area (Å²) in [6, 6.07) is 3.47. The Balaban J connectivity index is 2.35. The molecule has 0 saturated heterocycles. The lowest BCUT2D eigenvalue weighted by molar-refractivity contribution is 0.395. The van der Waals surface area contributed by atoms with Gasteiger partial charge in [0.2, 0.25) is 0 Å². The molecule has 0 aliphatic rings. The lowest BCUT2D eigenvalue weighted by Gasteiger charge is -2.15. The number of hydrogen-bond acceptors (Lipinski definition) is 6. The second-order valence-electron chi connectivity index (χ2n) is 5.25. The van der Waals surface area contributed by atoms with Gasteiger partial charge in [0.25, 0.3) is 0 Å². The Morgan fingerprint density at radius 1 is 1.00 bits per heavy atom. The van der Waals surface area contributed by atoms with Gasteiger partial charge < -0.3 is 14.8 Å². The first-order chi connectivity index (χ1) is 12.0. The van der Waals surface area contributed by atoms with Crippen LogP contribution in [-0.2, 0) is 0 Å². The number of halogens is 2. The molecule has 0 radical (unpaired) electrons. The number of fused-ring (bicyclic) bond motifs is 1. The summed E-state index contributed by atoms with van der Waals surface area (Å²) in [5.74, 6) is 2.17. The normalized spacial score (nSPS) is 10.8. The Morgan fingerprint density at radius 3 is 2.20 bits per heavy atom. The van der Waals surface area contributed by atoms with Crippen molar-refractivity contribution < 1.29 is 9.47 Å². The molecule has 0 saturated carbocycles. The molecular weight excluding hydrogens is 363 g/mol. The number of pyridine rings is 1. The number of anilines is 1. The van der Waals surface area contributed by atoms with E-state index in [1.54, 1.807) is 19.3 Å². The first kappa shape index (κ1) is 17.5. The number of aryl methyl sites for hydroxylation is 1. The summed E-state index contributed by atoms with van der Waals surface area (Å²) in [4.78, 5) is 13.3. The Morgan fingerprint density at radius 2 is 1.64 bits per heavy atom. The van der Waals surface area contributed by atoms with Crippen molar-refractivity contribution in [1.82, 2.24) is 15.0 Å². The SMILES string of the molecule is CNc1nc(-c2c(Cl)c(OC)cc(OC)c2Cl)cc2cnc(C)nc12. The average Bonchev–Trinajstić information content (AvgIpc) is 2.61. The van der Waals surface area contributed by atoms with Crippen molar-refractivity contribution in [1.29, 1.82) is 0 Å². The maximum Gasteiger partial charge on any atom is 0.153 e. The number of rotatable bonds is 4. The fourth-order valence-electron chi connectivity index (χ4n) is 2.54. The summed E-state index contributed by atoms with van der Waals surface area (Å²) in [5.41, 5.74) is 1.82. The first-order valence-corrected chi connectivity index (χ1v) is 8.18. The van der Waals surface area contributed by atoms with Crippen LogP contribution in [0.25, 0.3) is 22.2 Å². The van der Waals surface area contributed by atoms with E-state index >= 15 is 0 Å². The Bertz CT molecular complexity index is 935. The van der Waals surface area contributed by atoms with Gasteiger partial charge in [-0.2, -0.15) is 0 Å². The lowest BCUT2D eigenvalue weighted by Crippen LogP contribution is -2.00. The van der Waals surface area contributed by atoms with E-state index in [4.69, 9.17) is 32.7 Å². The lowest BCUT2D eigenvalue weighted by atomic mass is 10.1. The number of nitrogens with zero attached hydrogens (tertiary/aromatic N) is 3. The van der Waals surface area contributed by atoms with Gasteiger partial charge in [0.05, 0.1) is 30.0 Å². The highest BCUT2D eigenvalue weighted by Crippen LogP contribution is 2.46. The van der Waals surface area contributed by atoms with Crippen molar-refractivity contribution in [3.8, 4) is 22.8 Å². The average molecular weight is 379 g/mol. The van der Waals surface area contributed by atoms with Crippen molar-refractivity contribution in [2.24, 2.45) is 0 Å². The molecule has 2 heterocycles. The van der Waals surface area contributed by atoms with E-state index in [0.29, 0.717) is 44.4 Å². The van der Waals surface area contributed by atoms with Crippen LogP contribution in [0.15, 0.2) is 18.3 Å². The van der Waals surface area contributed by atoms with Gasteiger partial charge in [0, 0.05) is 30.3 Å². The predicted octanol–water partition coefficient (Wildman–Crippen LogP) is 4.37. The molecule has 6 nitrogen and oxygen atoms in total. The van der Waals surface area contributed by atoms with Crippen LogP contribution in [-0.4, -0.2) is 36.2 Å². The summed E-state index contributed by atoms with van der Waals surface area (Å²) >= 11 is 13.0. The highest BCUT2D eigenvalue weighted by molar-refractivity contribution is 6.41. The molecular formula is C17H16Cl2N4O2. The summed E-state index contributed by atoms with van der Waals surface area (Å²) in [6.07, 6.45) is 1.74. The van der Waals surface area contributed by atoms with Crippen LogP contribution in [0.4, 0.5) is 5.82 Å². The second kappa shape index (κ2) is 6.90. The predicted molar refractivity (Wildman–Crippen MR) is 100 cm³/mol. The molecule has 0 spiro atoms. The van der Waals surface area contributed by atoms with Crippen LogP contribution in [0.3, 0.4) is 0 Å². The second-order valence-corrected chi connectivity index (χ2v) is 6.00. The quantitative estimate of drug-likeness (QED) is 0.726. The van der Waals surface area contributed by atoms with Crippen LogP contribution < -0.4 is 14.8 Å². The smallest absolute Gasteiger partial charge is 0.153 e. The number of methoxy groups -OCH3 is 2. The van der Waals surface area contributed by atoms with Gasteiger partial charge in [0.15, 0.2) is 5.82 Å². The van der Waals surface area contributed by atoms with Crippen molar-refractivity contribution in [3.63, 3.8) is 0 Å². The molecule has 0 unspecified atom stereocenters. The third-order valence-electron chi connectivity index (χ3n) is 3.75. The minimum atomic E-state index is 0.357. The standard InChI is InChI=1S/C17H16Cl2N4O2/c1-8-21-7-9-5-10(23-17(20-2)16(9)22-8)13-14(18)11(24-3)6-12(25-4)15(13)19/h5-7H,1-4H3,(H,20,23). The third kappa shape index (κ3) is 3.03. The van der Waals surface area contributed by atoms with Crippen molar-refractivity contribution in [2.75, 3.05) is 26.6 Å². The monoisotopic (exact) mass is 378 g/mol. The zero-order valence-electron chi connectivity index (χ0n) is 14.1. The fourth-order valence-corrected chi connectivity index (χ4v) is 3.23. The van der Waals surface area contributed by atoms with E-state index in [-0.39, 0.29) is 0 Å². The molecule has 8 heteroatoms. The summed E-state index contributed by atoms with van der Waals surface area (Å²) < 4.78 is 10.7. The number of nitrogens with one attached hydrogen (secondary N) is 1. The molecule has 1 aromatic carbocycles. The fraction of sp³-hybridized carbons (Fsp3) is 0.235. The molecule has 0 aliphatic heterocycles. The van der Waals surface area contributed by atoms with Crippen LogP contribution in [0.1, 0.15) is 5.82 Å². The molecule has 3 rings (SSSR count). The van der Waals surface area contributed by atoms with Crippen LogP contribution in [0, 0.1) is 6.92 Å². The van der Waals surface area contributed by atoms with Crippen molar-refractivity contribution in [3.05, 3.63) is 34.2 Å². The van der Waals surface area contributed by atoms with E-state index < -0.39 is 0 Å². The number of aromatic nitrogens is 3. The highest BCUT2D eigenvalue weighted by Gasteiger charge is 2.21. The Hall–Kier alpha value is -2.31. The van der Waals surface area contributed by atoms with Crippen LogP contribution in [0.5, 0.6) is 11.5 Å². The molecule has 2 aromatic heterocycles.